The van der Waals surface area contributed by atoms with Gasteiger partial charge in [0.2, 0.25) is 11.9 Å². The van der Waals surface area contributed by atoms with Crippen molar-refractivity contribution in [2.75, 3.05) is 36.0 Å². The number of carbonyl (C=O) groups is 1. The summed E-state index contributed by atoms with van der Waals surface area (Å²) in [6.45, 7) is 8.81. The van der Waals surface area contributed by atoms with E-state index in [1.807, 2.05) is 57.2 Å². The third kappa shape index (κ3) is 4.71. The lowest BCUT2D eigenvalue weighted by Crippen LogP contribution is -2.49. The number of nitrogens with zero attached hydrogens (tertiary/aromatic N) is 4. The fourth-order valence-corrected chi connectivity index (χ4v) is 3.95. The average Bonchev–Trinajstić information content (AvgIpc) is 2.75. The van der Waals surface area contributed by atoms with Gasteiger partial charge in [0.1, 0.15) is 6.54 Å². The van der Waals surface area contributed by atoms with Crippen molar-refractivity contribution in [3.63, 3.8) is 0 Å². The molecule has 0 radical (unpaired) electrons. The fourth-order valence-electron chi connectivity index (χ4n) is 3.95. The minimum Gasteiger partial charge on any atom is -0.368 e. The zero-order chi connectivity index (χ0) is 22.0. The lowest BCUT2D eigenvalue weighted by Gasteiger charge is -2.37. The van der Waals surface area contributed by atoms with E-state index in [4.69, 9.17) is 4.98 Å². The number of aromatic nitrogens is 2. The molecule has 0 atom stereocenters. The number of rotatable bonds is 4. The van der Waals surface area contributed by atoms with Crippen LogP contribution in [0.4, 0.5) is 11.6 Å². The smallest absolute Gasteiger partial charge is 0.263 e. The molecule has 1 N–H and O–H groups in total. The number of fused-ring (bicyclic) bond motifs is 1. The molecule has 2 heterocycles. The van der Waals surface area contributed by atoms with Crippen LogP contribution in [0.1, 0.15) is 20.8 Å². The maximum Gasteiger partial charge on any atom is 0.263 e. The molecule has 0 aliphatic carbocycles. The number of piperazine rings is 1. The highest BCUT2D eigenvalue weighted by molar-refractivity contribution is 5.81. The van der Waals surface area contributed by atoms with Crippen LogP contribution in [0, 0.1) is 0 Å². The van der Waals surface area contributed by atoms with Crippen LogP contribution < -0.4 is 20.7 Å². The van der Waals surface area contributed by atoms with Crippen molar-refractivity contribution in [2.24, 2.45) is 0 Å². The standard InChI is InChI=1S/C24H29N5O2/c1-24(2,3)26-21(30)17-29-22(31)19-11-7-8-12-20(19)25-23(29)28-15-13-27(14-16-28)18-9-5-4-6-10-18/h4-12H,13-17H2,1-3H3,(H,26,30). The Bertz CT molecular complexity index is 1130. The molecule has 1 amide bonds. The number of anilines is 2. The molecule has 0 bridgehead atoms. The van der Waals surface area contributed by atoms with E-state index in [9.17, 15) is 9.59 Å². The van der Waals surface area contributed by atoms with E-state index in [1.165, 1.54) is 10.3 Å². The topological polar surface area (TPSA) is 70.5 Å². The highest BCUT2D eigenvalue weighted by Gasteiger charge is 2.24. The summed E-state index contributed by atoms with van der Waals surface area (Å²) in [4.78, 5) is 35.2. The van der Waals surface area contributed by atoms with Crippen LogP contribution in [0.2, 0.25) is 0 Å². The quantitative estimate of drug-likeness (QED) is 0.704. The first-order chi connectivity index (χ1) is 14.8. The first-order valence-electron chi connectivity index (χ1n) is 10.7. The zero-order valence-corrected chi connectivity index (χ0v) is 18.3. The molecular weight excluding hydrogens is 390 g/mol. The van der Waals surface area contributed by atoms with Gasteiger partial charge in [-0.15, -0.1) is 0 Å². The number of para-hydroxylation sites is 2. The van der Waals surface area contributed by atoms with E-state index in [1.54, 1.807) is 6.07 Å². The molecule has 3 aromatic rings. The molecule has 7 heteroatoms. The summed E-state index contributed by atoms with van der Waals surface area (Å²) in [7, 11) is 0. The lowest BCUT2D eigenvalue weighted by atomic mass is 10.1. The van der Waals surface area contributed by atoms with Crippen LogP contribution in [0.15, 0.2) is 59.4 Å². The maximum atomic E-state index is 13.3. The van der Waals surface area contributed by atoms with E-state index in [2.05, 4.69) is 27.2 Å². The average molecular weight is 420 g/mol. The second kappa shape index (κ2) is 8.41. The van der Waals surface area contributed by atoms with Crippen molar-refractivity contribution in [3.05, 3.63) is 65.0 Å². The summed E-state index contributed by atoms with van der Waals surface area (Å²) in [6, 6.07) is 17.6. The minimum absolute atomic E-state index is 0.0534. The molecule has 7 nitrogen and oxygen atoms in total. The molecule has 2 aromatic carbocycles. The Balaban J connectivity index is 1.65. The van der Waals surface area contributed by atoms with Crippen molar-refractivity contribution >= 4 is 28.4 Å². The Morgan fingerprint density at radius 2 is 1.55 bits per heavy atom. The number of amides is 1. The summed E-state index contributed by atoms with van der Waals surface area (Å²) in [5.74, 6) is 0.358. The van der Waals surface area contributed by atoms with Crippen LogP contribution in [0.25, 0.3) is 10.9 Å². The van der Waals surface area contributed by atoms with Crippen LogP contribution in [0.5, 0.6) is 0 Å². The normalized spacial score (nSPS) is 14.7. The third-order valence-corrected chi connectivity index (χ3v) is 5.34. The minimum atomic E-state index is -0.369. The zero-order valence-electron chi connectivity index (χ0n) is 18.3. The van der Waals surface area contributed by atoms with E-state index in [-0.39, 0.29) is 23.6 Å². The van der Waals surface area contributed by atoms with E-state index in [0.717, 1.165) is 26.2 Å². The van der Waals surface area contributed by atoms with Crippen molar-refractivity contribution in [1.29, 1.82) is 0 Å². The molecule has 0 unspecified atom stereocenters. The van der Waals surface area contributed by atoms with E-state index < -0.39 is 0 Å². The van der Waals surface area contributed by atoms with Crippen molar-refractivity contribution in [2.45, 2.75) is 32.9 Å². The van der Waals surface area contributed by atoms with Gasteiger partial charge in [0, 0.05) is 37.4 Å². The van der Waals surface area contributed by atoms with Crippen LogP contribution in [-0.4, -0.2) is 47.2 Å². The molecule has 162 valence electrons. The van der Waals surface area contributed by atoms with Gasteiger partial charge in [-0.05, 0) is 45.0 Å². The predicted octanol–water partition coefficient (Wildman–Crippen LogP) is 2.64. The van der Waals surface area contributed by atoms with Crippen molar-refractivity contribution < 1.29 is 4.79 Å². The first kappa shape index (κ1) is 20.9. The van der Waals surface area contributed by atoms with Crippen molar-refractivity contribution in [3.8, 4) is 0 Å². The van der Waals surface area contributed by atoms with Crippen LogP contribution >= 0.6 is 0 Å². The summed E-state index contributed by atoms with van der Waals surface area (Å²) in [6.07, 6.45) is 0. The molecule has 1 aliphatic rings. The van der Waals surface area contributed by atoms with Crippen molar-refractivity contribution in [1.82, 2.24) is 14.9 Å². The number of carbonyl (C=O) groups excluding carboxylic acids is 1. The second-order valence-electron chi connectivity index (χ2n) is 8.93. The lowest BCUT2D eigenvalue weighted by molar-refractivity contribution is -0.123. The van der Waals surface area contributed by atoms with Gasteiger partial charge >= 0.3 is 0 Å². The van der Waals surface area contributed by atoms with E-state index >= 15 is 0 Å². The monoisotopic (exact) mass is 419 g/mol. The van der Waals surface area contributed by atoms with Gasteiger partial charge in [-0.3, -0.25) is 14.2 Å². The summed E-state index contributed by atoms with van der Waals surface area (Å²) in [5.41, 5.74) is 1.29. The Hall–Kier alpha value is -3.35. The van der Waals surface area contributed by atoms with Gasteiger partial charge < -0.3 is 15.1 Å². The Kier molecular flexibility index (Phi) is 5.67. The van der Waals surface area contributed by atoms with Gasteiger partial charge in [0.05, 0.1) is 10.9 Å². The molecule has 31 heavy (non-hydrogen) atoms. The largest absolute Gasteiger partial charge is 0.368 e. The molecule has 1 fully saturated rings. The summed E-state index contributed by atoms with van der Waals surface area (Å²) >= 11 is 0. The number of hydrogen-bond acceptors (Lipinski definition) is 5. The second-order valence-corrected chi connectivity index (χ2v) is 8.93. The summed E-state index contributed by atoms with van der Waals surface area (Å²) in [5, 5.41) is 3.47. The van der Waals surface area contributed by atoms with Gasteiger partial charge in [-0.2, -0.15) is 0 Å². The Morgan fingerprint density at radius 1 is 0.935 bits per heavy atom. The first-order valence-corrected chi connectivity index (χ1v) is 10.7. The third-order valence-electron chi connectivity index (χ3n) is 5.34. The SMILES string of the molecule is CC(C)(C)NC(=O)Cn1c(N2CCN(c3ccccc3)CC2)nc2ccccc2c1=O. The Labute approximate surface area is 182 Å². The van der Waals surface area contributed by atoms with Gasteiger partial charge in [-0.1, -0.05) is 30.3 Å². The molecule has 1 aromatic heterocycles. The number of benzene rings is 2. The highest BCUT2D eigenvalue weighted by atomic mass is 16.2. The molecule has 1 aliphatic heterocycles. The molecule has 4 rings (SSSR count). The number of nitrogens with one attached hydrogen (secondary N) is 1. The van der Waals surface area contributed by atoms with E-state index in [0.29, 0.717) is 16.9 Å². The van der Waals surface area contributed by atoms with Gasteiger partial charge in [0.25, 0.3) is 5.56 Å². The van der Waals surface area contributed by atoms with Gasteiger partial charge in [-0.25, -0.2) is 4.98 Å². The predicted molar refractivity (Wildman–Crippen MR) is 125 cm³/mol. The molecular formula is C24H29N5O2. The molecule has 0 spiro atoms. The Morgan fingerprint density at radius 3 is 2.23 bits per heavy atom. The highest BCUT2D eigenvalue weighted by Crippen LogP contribution is 2.20. The number of hydrogen-bond donors (Lipinski definition) is 1. The molecule has 0 saturated carbocycles. The van der Waals surface area contributed by atoms with Crippen LogP contribution in [0.3, 0.4) is 0 Å². The maximum absolute atomic E-state index is 13.3. The fraction of sp³-hybridized carbons (Fsp3) is 0.375. The van der Waals surface area contributed by atoms with Crippen LogP contribution in [-0.2, 0) is 11.3 Å². The molecule has 1 saturated heterocycles. The summed E-state index contributed by atoms with van der Waals surface area (Å²) < 4.78 is 1.52. The van der Waals surface area contributed by atoms with Gasteiger partial charge in [0.15, 0.2) is 0 Å².